The van der Waals surface area contributed by atoms with Gasteiger partial charge in [0.1, 0.15) is 5.75 Å². The summed E-state index contributed by atoms with van der Waals surface area (Å²) in [7, 11) is 0. The van der Waals surface area contributed by atoms with Gasteiger partial charge >= 0.3 is 0 Å². The van der Waals surface area contributed by atoms with E-state index in [4.69, 9.17) is 10.5 Å². The zero-order valence-corrected chi connectivity index (χ0v) is 11.9. The molecule has 20 heavy (non-hydrogen) atoms. The number of hydrogen-bond acceptors (Lipinski definition) is 2. The molecule has 1 atom stereocenters. The summed E-state index contributed by atoms with van der Waals surface area (Å²) in [6.45, 7) is 4.02. The quantitative estimate of drug-likeness (QED) is 0.885. The van der Waals surface area contributed by atoms with Gasteiger partial charge in [0, 0.05) is 6.04 Å². The number of para-hydroxylation sites is 1. The van der Waals surface area contributed by atoms with Gasteiger partial charge in [-0.3, -0.25) is 0 Å². The Morgan fingerprint density at radius 3 is 2.50 bits per heavy atom. The second-order valence-corrected chi connectivity index (χ2v) is 5.02. The highest BCUT2D eigenvalue weighted by Crippen LogP contribution is 2.29. The molecule has 1 unspecified atom stereocenters. The molecular formula is C17H20FNO. The van der Waals surface area contributed by atoms with Gasteiger partial charge < -0.3 is 10.5 Å². The van der Waals surface area contributed by atoms with Gasteiger partial charge in [-0.1, -0.05) is 36.8 Å². The maximum absolute atomic E-state index is 14.0. The van der Waals surface area contributed by atoms with Crippen molar-refractivity contribution in [2.45, 2.75) is 32.7 Å². The van der Waals surface area contributed by atoms with Crippen molar-refractivity contribution < 1.29 is 9.13 Å². The number of halogens is 1. The SMILES string of the molecule is CCC(N)Cc1cccc(F)c1Oc1ccc(C)cc1. The van der Waals surface area contributed by atoms with E-state index < -0.39 is 0 Å². The topological polar surface area (TPSA) is 35.2 Å². The molecule has 0 radical (unpaired) electrons. The van der Waals surface area contributed by atoms with Crippen molar-refractivity contribution in [1.82, 2.24) is 0 Å². The molecule has 0 saturated heterocycles. The molecule has 2 rings (SSSR count). The summed E-state index contributed by atoms with van der Waals surface area (Å²) in [5, 5.41) is 0. The van der Waals surface area contributed by atoms with Crippen LogP contribution in [0.5, 0.6) is 11.5 Å². The predicted octanol–water partition coefficient (Wildman–Crippen LogP) is 4.21. The minimum absolute atomic E-state index is 0.0113. The normalized spacial score (nSPS) is 12.2. The van der Waals surface area contributed by atoms with Crippen molar-refractivity contribution >= 4 is 0 Å². The van der Waals surface area contributed by atoms with E-state index in [1.165, 1.54) is 6.07 Å². The third-order valence-corrected chi connectivity index (χ3v) is 3.30. The van der Waals surface area contributed by atoms with Crippen LogP contribution in [0.15, 0.2) is 42.5 Å². The number of nitrogens with two attached hydrogens (primary N) is 1. The number of aryl methyl sites for hydroxylation is 1. The van der Waals surface area contributed by atoms with Gasteiger partial charge in [0.05, 0.1) is 0 Å². The molecule has 0 bridgehead atoms. The Labute approximate surface area is 119 Å². The Hall–Kier alpha value is -1.87. The smallest absolute Gasteiger partial charge is 0.166 e. The van der Waals surface area contributed by atoms with E-state index in [0.29, 0.717) is 12.2 Å². The number of hydrogen-bond donors (Lipinski definition) is 1. The first-order chi connectivity index (χ1) is 9.60. The standard InChI is InChI=1S/C17H20FNO/c1-3-14(19)11-13-5-4-6-16(18)17(13)20-15-9-7-12(2)8-10-15/h4-10,14H,3,11,19H2,1-2H3. The summed E-state index contributed by atoms with van der Waals surface area (Å²) in [6.07, 6.45) is 1.45. The van der Waals surface area contributed by atoms with Gasteiger partial charge in [0.15, 0.2) is 11.6 Å². The molecule has 3 heteroatoms. The number of ether oxygens (including phenoxy) is 1. The van der Waals surface area contributed by atoms with Crippen molar-refractivity contribution in [1.29, 1.82) is 0 Å². The average molecular weight is 273 g/mol. The molecule has 0 fully saturated rings. The Kier molecular flexibility index (Phi) is 4.74. The third kappa shape index (κ3) is 3.58. The highest BCUT2D eigenvalue weighted by molar-refractivity contribution is 5.40. The first-order valence-corrected chi connectivity index (χ1v) is 6.87. The van der Waals surface area contributed by atoms with E-state index in [0.717, 1.165) is 17.5 Å². The molecule has 0 heterocycles. The molecule has 0 spiro atoms. The Morgan fingerprint density at radius 2 is 1.85 bits per heavy atom. The van der Waals surface area contributed by atoms with E-state index >= 15 is 0 Å². The van der Waals surface area contributed by atoms with Crippen LogP contribution in [0.1, 0.15) is 24.5 Å². The summed E-state index contributed by atoms with van der Waals surface area (Å²) >= 11 is 0. The highest BCUT2D eigenvalue weighted by atomic mass is 19.1. The van der Waals surface area contributed by atoms with E-state index in [2.05, 4.69) is 0 Å². The first kappa shape index (κ1) is 14.5. The summed E-state index contributed by atoms with van der Waals surface area (Å²) in [5.74, 6) is 0.554. The molecule has 2 N–H and O–H groups in total. The van der Waals surface area contributed by atoms with Crippen LogP contribution in [0.25, 0.3) is 0 Å². The summed E-state index contributed by atoms with van der Waals surface area (Å²) in [6, 6.07) is 12.5. The summed E-state index contributed by atoms with van der Waals surface area (Å²) in [5.41, 5.74) is 7.90. The van der Waals surface area contributed by atoms with Gasteiger partial charge in [-0.25, -0.2) is 4.39 Å². The van der Waals surface area contributed by atoms with Crippen molar-refractivity contribution in [3.63, 3.8) is 0 Å². The maximum atomic E-state index is 14.0. The van der Waals surface area contributed by atoms with E-state index in [1.807, 2.05) is 44.2 Å². The van der Waals surface area contributed by atoms with Gasteiger partial charge in [-0.15, -0.1) is 0 Å². The van der Waals surface area contributed by atoms with Crippen LogP contribution in [0.3, 0.4) is 0 Å². The lowest BCUT2D eigenvalue weighted by Crippen LogP contribution is -2.21. The highest BCUT2D eigenvalue weighted by Gasteiger charge is 2.13. The monoisotopic (exact) mass is 273 g/mol. The van der Waals surface area contributed by atoms with E-state index in [1.54, 1.807) is 6.07 Å². The molecule has 2 aromatic carbocycles. The van der Waals surface area contributed by atoms with Gasteiger partial charge in [0.25, 0.3) is 0 Å². The summed E-state index contributed by atoms with van der Waals surface area (Å²) < 4.78 is 19.7. The fourth-order valence-electron chi connectivity index (χ4n) is 1.98. The van der Waals surface area contributed by atoms with Crippen molar-refractivity contribution in [3.05, 3.63) is 59.4 Å². The zero-order chi connectivity index (χ0) is 14.5. The minimum atomic E-state index is -0.355. The predicted molar refractivity (Wildman–Crippen MR) is 79.6 cm³/mol. The lowest BCUT2D eigenvalue weighted by molar-refractivity contribution is 0.433. The minimum Gasteiger partial charge on any atom is -0.454 e. The van der Waals surface area contributed by atoms with Crippen molar-refractivity contribution in [2.24, 2.45) is 5.73 Å². The molecule has 0 saturated carbocycles. The van der Waals surface area contributed by atoms with E-state index in [-0.39, 0.29) is 17.6 Å². The van der Waals surface area contributed by atoms with Crippen LogP contribution < -0.4 is 10.5 Å². The van der Waals surface area contributed by atoms with Crippen molar-refractivity contribution in [2.75, 3.05) is 0 Å². The number of rotatable bonds is 5. The third-order valence-electron chi connectivity index (χ3n) is 3.30. The van der Waals surface area contributed by atoms with Gasteiger partial charge in [-0.2, -0.15) is 0 Å². The largest absolute Gasteiger partial charge is 0.454 e. The lowest BCUT2D eigenvalue weighted by atomic mass is 10.0. The van der Waals surface area contributed by atoms with E-state index in [9.17, 15) is 4.39 Å². The zero-order valence-electron chi connectivity index (χ0n) is 11.9. The van der Waals surface area contributed by atoms with Crippen molar-refractivity contribution in [3.8, 4) is 11.5 Å². The Bertz CT molecular complexity index is 566. The van der Waals surface area contributed by atoms with Crippen LogP contribution in [-0.2, 0) is 6.42 Å². The summed E-state index contributed by atoms with van der Waals surface area (Å²) in [4.78, 5) is 0. The van der Waals surface area contributed by atoms with Crippen LogP contribution in [-0.4, -0.2) is 6.04 Å². The fourth-order valence-corrected chi connectivity index (χ4v) is 1.98. The molecule has 2 nitrogen and oxygen atoms in total. The molecule has 0 aromatic heterocycles. The molecule has 106 valence electrons. The molecule has 0 aliphatic rings. The molecule has 2 aromatic rings. The lowest BCUT2D eigenvalue weighted by Gasteiger charge is -2.15. The van der Waals surface area contributed by atoms with Gasteiger partial charge in [-0.05, 0) is 43.5 Å². The number of benzene rings is 2. The fraction of sp³-hybridized carbons (Fsp3) is 0.294. The molecule has 0 amide bonds. The second kappa shape index (κ2) is 6.53. The first-order valence-electron chi connectivity index (χ1n) is 6.87. The molecular weight excluding hydrogens is 253 g/mol. The van der Waals surface area contributed by atoms with Crippen LogP contribution >= 0.6 is 0 Å². The van der Waals surface area contributed by atoms with Crippen LogP contribution in [0, 0.1) is 12.7 Å². The second-order valence-electron chi connectivity index (χ2n) is 5.02. The Balaban J connectivity index is 2.27. The van der Waals surface area contributed by atoms with Gasteiger partial charge in [0.2, 0.25) is 0 Å². The maximum Gasteiger partial charge on any atom is 0.166 e. The Morgan fingerprint density at radius 1 is 1.15 bits per heavy atom. The molecule has 0 aliphatic carbocycles. The molecule has 0 aliphatic heterocycles. The average Bonchev–Trinajstić information content (AvgIpc) is 2.44. The van der Waals surface area contributed by atoms with Crippen LogP contribution in [0.2, 0.25) is 0 Å². The van der Waals surface area contributed by atoms with Crippen LogP contribution in [0.4, 0.5) is 4.39 Å².